The average molecular weight is 278 g/mol. The van der Waals surface area contributed by atoms with E-state index in [2.05, 4.69) is 12.2 Å². The van der Waals surface area contributed by atoms with Crippen LogP contribution in [0.2, 0.25) is 0 Å². The molecule has 1 aliphatic heterocycles. The van der Waals surface area contributed by atoms with E-state index >= 15 is 0 Å². The number of nitrogens with zero attached hydrogens (tertiary/aromatic N) is 1. The first-order chi connectivity index (χ1) is 9.49. The third-order valence-corrected chi connectivity index (χ3v) is 5.75. The maximum Gasteiger partial charge on any atom is 0.249 e. The molecule has 4 nitrogen and oxygen atoms in total. The summed E-state index contributed by atoms with van der Waals surface area (Å²) in [4.78, 5) is 27.4. The van der Waals surface area contributed by atoms with E-state index in [-0.39, 0.29) is 23.9 Å². The molecule has 1 saturated heterocycles. The molecule has 0 radical (unpaired) electrons. The Morgan fingerprint density at radius 3 is 2.40 bits per heavy atom. The first-order valence-electron chi connectivity index (χ1n) is 8.13. The van der Waals surface area contributed by atoms with Crippen molar-refractivity contribution in [3.63, 3.8) is 0 Å². The topological polar surface area (TPSA) is 49.4 Å². The van der Waals surface area contributed by atoms with Crippen molar-refractivity contribution in [1.29, 1.82) is 0 Å². The Morgan fingerprint density at radius 1 is 1.30 bits per heavy atom. The molecule has 1 heterocycles. The Bertz CT molecular complexity index is 428. The van der Waals surface area contributed by atoms with E-state index in [1.54, 1.807) is 0 Å². The highest BCUT2D eigenvalue weighted by Gasteiger charge is 2.56. The summed E-state index contributed by atoms with van der Waals surface area (Å²) >= 11 is 0. The lowest BCUT2D eigenvalue weighted by molar-refractivity contribution is -0.160. The molecular weight excluding hydrogens is 252 g/mol. The van der Waals surface area contributed by atoms with Crippen molar-refractivity contribution >= 4 is 11.8 Å². The Morgan fingerprint density at radius 2 is 1.95 bits per heavy atom. The first-order valence-corrected chi connectivity index (χ1v) is 8.13. The predicted molar refractivity (Wildman–Crippen MR) is 77.0 cm³/mol. The number of rotatable bonds is 4. The molecule has 2 amide bonds. The van der Waals surface area contributed by atoms with Gasteiger partial charge in [0.15, 0.2) is 0 Å². The van der Waals surface area contributed by atoms with E-state index in [0.29, 0.717) is 18.3 Å². The molecule has 0 aromatic rings. The number of piperazine rings is 1. The summed E-state index contributed by atoms with van der Waals surface area (Å²) in [5, 5.41) is 3.04. The number of hydrogen-bond acceptors (Lipinski definition) is 2. The lowest BCUT2D eigenvalue weighted by Gasteiger charge is -2.50. The molecule has 3 unspecified atom stereocenters. The molecule has 3 rings (SSSR count). The monoisotopic (exact) mass is 278 g/mol. The van der Waals surface area contributed by atoms with E-state index < -0.39 is 5.54 Å². The summed E-state index contributed by atoms with van der Waals surface area (Å²) in [6, 6.07) is -0.0738. The van der Waals surface area contributed by atoms with Crippen LogP contribution in [0.1, 0.15) is 59.3 Å². The van der Waals surface area contributed by atoms with Gasteiger partial charge in [-0.15, -0.1) is 0 Å². The van der Waals surface area contributed by atoms with Crippen LogP contribution in [0.5, 0.6) is 0 Å². The molecule has 2 saturated carbocycles. The first kappa shape index (κ1) is 13.9. The Labute approximate surface area is 121 Å². The number of nitrogens with one attached hydrogen (secondary N) is 1. The van der Waals surface area contributed by atoms with Gasteiger partial charge in [-0.1, -0.05) is 13.3 Å². The van der Waals surface area contributed by atoms with Gasteiger partial charge in [0.1, 0.15) is 11.6 Å². The smallest absolute Gasteiger partial charge is 0.249 e. The van der Waals surface area contributed by atoms with Crippen molar-refractivity contribution in [3.8, 4) is 0 Å². The highest BCUT2D eigenvalue weighted by Crippen LogP contribution is 2.44. The zero-order valence-electron chi connectivity index (χ0n) is 12.8. The van der Waals surface area contributed by atoms with Gasteiger partial charge in [0.05, 0.1) is 0 Å². The fourth-order valence-electron chi connectivity index (χ4n) is 3.87. The molecule has 2 aliphatic carbocycles. The van der Waals surface area contributed by atoms with Crippen LogP contribution in [0.15, 0.2) is 0 Å². The summed E-state index contributed by atoms with van der Waals surface area (Å²) in [5.74, 6) is 1.13. The van der Waals surface area contributed by atoms with Crippen LogP contribution in [0.4, 0.5) is 0 Å². The second-order valence-corrected chi connectivity index (χ2v) is 7.03. The summed E-state index contributed by atoms with van der Waals surface area (Å²) < 4.78 is 0. The average Bonchev–Trinajstić information content (AvgIpc) is 3.15. The fraction of sp³-hybridized carbons (Fsp3) is 0.875. The highest BCUT2D eigenvalue weighted by molar-refractivity contribution is 6.00. The molecule has 4 heteroatoms. The number of carbonyl (C=O) groups is 2. The van der Waals surface area contributed by atoms with Gasteiger partial charge in [0.25, 0.3) is 0 Å². The third-order valence-electron chi connectivity index (χ3n) is 5.75. The van der Waals surface area contributed by atoms with E-state index in [0.717, 1.165) is 12.8 Å². The molecule has 0 bridgehead atoms. The number of amides is 2. The van der Waals surface area contributed by atoms with Crippen LogP contribution in [0, 0.1) is 11.8 Å². The molecule has 0 aromatic heterocycles. The predicted octanol–water partition coefficient (Wildman–Crippen LogP) is 2.08. The van der Waals surface area contributed by atoms with Crippen molar-refractivity contribution in [3.05, 3.63) is 0 Å². The second-order valence-electron chi connectivity index (χ2n) is 7.03. The van der Waals surface area contributed by atoms with E-state index in [1.165, 1.54) is 19.3 Å². The maximum absolute atomic E-state index is 13.0. The molecule has 0 aromatic carbocycles. The minimum absolute atomic E-state index is 0.0488. The van der Waals surface area contributed by atoms with Crippen molar-refractivity contribution in [1.82, 2.24) is 10.2 Å². The lowest BCUT2D eigenvalue weighted by Crippen LogP contribution is -2.72. The van der Waals surface area contributed by atoms with Crippen LogP contribution in [0.3, 0.4) is 0 Å². The molecule has 20 heavy (non-hydrogen) atoms. The Kier molecular flexibility index (Phi) is 3.30. The zero-order chi connectivity index (χ0) is 14.5. The quantitative estimate of drug-likeness (QED) is 0.856. The Balaban J connectivity index is 1.89. The van der Waals surface area contributed by atoms with Crippen molar-refractivity contribution < 1.29 is 9.59 Å². The van der Waals surface area contributed by atoms with Gasteiger partial charge in [-0.25, -0.2) is 0 Å². The zero-order valence-corrected chi connectivity index (χ0v) is 12.8. The van der Waals surface area contributed by atoms with Gasteiger partial charge in [-0.3, -0.25) is 9.59 Å². The van der Waals surface area contributed by atoms with Crippen LogP contribution in [-0.2, 0) is 9.59 Å². The molecule has 3 fully saturated rings. The molecular formula is C16H26N2O2. The van der Waals surface area contributed by atoms with Gasteiger partial charge in [0, 0.05) is 6.04 Å². The van der Waals surface area contributed by atoms with Gasteiger partial charge in [0.2, 0.25) is 11.8 Å². The van der Waals surface area contributed by atoms with Crippen LogP contribution >= 0.6 is 0 Å². The van der Waals surface area contributed by atoms with Gasteiger partial charge < -0.3 is 10.2 Å². The summed E-state index contributed by atoms with van der Waals surface area (Å²) in [6.45, 7) is 6.06. The normalized spacial score (nSPS) is 36.5. The van der Waals surface area contributed by atoms with E-state index in [4.69, 9.17) is 0 Å². The minimum atomic E-state index is -0.652. The third kappa shape index (κ3) is 1.95. The van der Waals surface area contributed by atoms with Gasteiger partial charge in [-0.05, 0) is 57.8 Å². The number of carbonyl (C=O) groups excluding carboxylic acids is 2. The van der Waals surface area contributed by atoms with Crippen LogP contribution < -0.4 is 5.32 Å². The molecule has 3 atom stereocenters. The second kappa shape index (κ2) is 4.74. The largest absolute Gasteiger partial charge is 0.340 e. The van der Waals surface area contributed by atoms with E-state index in [1.807, 2.05) is 18.7 Å². The Hall–Kier alpha value is -1.06. The summed E-state index contributed by atoms with van der Waals surface area (Å²) in [5.41, 5.74) is -0.652. The highest BCUT2D eigenvalue weighted by atomic mass is 16.2. The standard InChI is InChI=1S/C16H26N2O2/c1-4-13-14(19)17-16(3,12-8-9-12)15(20)18(13)10(2)11-6-5-7-11/h10-13H,4-9H2,1-3H3,(H,17,19). The molecule has 112 valence electrons. The van der Waals surface area contributed by atoms with Crippen LogP contribution in [0.25, 0.3) is 0 Å². The minimum Gasteiger partial charge on any atom is -0.340 e. The fourth-order valence-corrected chi connectivity index (χ4v) is 3.87. The van der Waals surface area contributed by atoms with Gasteiger partial charge >= 0.3 is 0 Å². The van der Waals surface area contributed by atoms with Crippen molar-refractivity contribution in [2.45, 2.75) is 76.9 Å². The summed E-state index contributed by atoms with van der Waals surface area (Å²) in [6.07, 6.45) is 6.48. The lowest BCUT2D eigenvalue weighted by atomic mass is 9.77. The van der Waals surface area contributed by atoms with E-state index in [9.17, 15) is 9.59 Å². The van der Waals surface area contributed by atoms with Crippen LogP contribution in [-0.4, -0.2) is 34.3 Å². The molecule has 3 aliphatic rings. The maximum atomic E-state index is 13.0. The van der Waals surface area contributed by atoms with Crippen molar-refractivity contribution in [2.24, 2.45) is 11.8 Å². The SMILES string of the molecule is CCC1C(=O)NC(C)(C2CC2)C(=O)N1C(C)C1CCC1. The summed E-state index contributed by atoms with van der Waals surface area (Å²) in [7, 11) is 0. The molecule has 0 spiro atoms. The molecule has 1 N–H and O–H groups in total. The van der Waals surface area contributed by atoms with Gasteiger partial charge in [-0.2, -0.15) is 0 Å². The number of hydrogen-bond donors (Lipinski definition) is 1. The van der Waals surface area contributed by atoms with Crippen molar-refractivity contribution in [2.75, 3.05) is 0 Å².